The van der Waals surface area contributed by atoms with Crippen molar-refractivity contribution < 1.29 is 14.3 Å². The Morgan fingerprint density at radius 3 is 2.96 bits per heavy atom. The zero-order valence-corrected chi connectivity index (χ0v) is 13.6. The molecule has 1 aromatic carbocycles. The number of hydrogen-bond acceptors (Lipinski definition) is 4. The van der Waals surface area contributed by atoms with Crippen molar-refractivity contribution in [1.82, 2.24) is 10.2 Å². The van der Waals surface area contributed by atoms with Gasteiger partial charge in [-0.15, -0.1) is 0 Å². The molecule has 2 unspecified atom stereocenters. The van der Waals surface area contributed by atoms with E-state index in [-0.39, 0.29) is 23.9 Å². The van der Waals surface area contributed by atoms with Gasteiger partial charge in [-0.05, 0) is 37.5 Å². The first kappa shape index (κ1) is 15.8. The molecule has 0 saturated carbocycles. The molecule has 1 aromatic rings. The van der Waals surface area contributed by atoms with Gasteiger partial charge in [0.05, 0.1) is 19.3 Å². The summed E-state index contributed by atoms with van der Waals surface area (Å²) in [6, 6.07) is 6.13. The van der Waals surface area contributed by atoms with Crippen LogP contribution in [0.2, 0.25) is 0 Å². The van der Waals surface area contributed by atoms with Crippen LogP contribution in [0, 0.1) is 6.92 Å². The molecule has 6 nitrogen and oxygen atoms in total. The van der Waals surface area contributed by atoms with Crippen LogP contribution >= 0.6 is 0 Å². The molecule has 124 valence electrons. The smallest absolute Gasteiger partial charge is 0.238 e. The molecule has 2 bridgehead atoms. The van der Waals surface area contributed by atoms with E-state index in [9.17, 15) is 9.59 Å². The van der Waals surface area contributed by atoms with Gasteiger partial charge in [0.1, 0.15) is 5.75 Å². The lowest BCUT2D eigenvalue weighted by Crippen LogP contribution is -2.42. The number of fused-ring (bicyclic) bond motifs is 2. The molecule has 3 rings (SSSR count). The summed E-state index contributed by atoms with van der Waals surface area (Å²) in [7, 11) is 1.59. The largest absolute Gasteiger partial charge is 0.495 e. The molecule has 0 aromatic heterocycles. The number of rotatable bonds is 4. The molecule has 2 heterocycles. The minimum Gasteiger partial charge on any atom is -0.495 e. The summed E-state index contributed by atoms with van der Waals surface area (Å²) in [5.41, 5.74) is 1.75. The number of nitrogens with zero attached hydrogens (tertiary/aromatic N) is 1. The molecule has 2 N–H and O–H groups in total. The second kappa shape index (κ2) is 6.58. The Labute approximate surface area is 136 Å². The highest BCUT2D eigenvalue weighted by atomic mass is 16.5. The molecule has 23 heavy (non-hydrogen) atoms. The lowest BCUT2D eigenvalue weighted by atomic mass is 10.1. The number of hydrogen-bond donors (Lipinski definition) is 2. The third-order valence-corrected chi connectivity index (χ3v) is 4.68. The van der Waals surface area contributed by atoms with Crippen molar-refractivity contribution in [2.24, 2.45) is 0 Å². The molecule has 2 fully saturated rings. The number of carbonyl (C=O) groups is 2. The lowest BCUT2D eigenvalue weighted by molar-refractivity contribution is -0.122. The van der Waals surface area contributed by atoms with Gasteiger partial charge in [-0.25, -0.2) is 0 Å². The third kappa shape index (κ3) is 3.47. The predicted octanol–water partition coefficient (Wildman–Crippen LogP) is 1.30. The van der Waals surface area contributed by atoms with E-state index in [1.165, 1.54) is 0 Å². The summed E-state index contributed by atoms with van der Waals surface area (Å²) in [5.74, 6) is 0.669. The van der Waals surface area contributed by atoms with Crippen LogP contribution in [0.4, 0.5) is 5.69 Å². The lowest BCUT2D eigenvalue weighted by Gasteiger charge is -2.26. The summed E-state index contributed by atoms with van der Waals surface area (Å²) in [4.78, 5) is 26.3. The average Bonchev–Trinajstić information content (AvgIpc) is 2.78. The maximum absolute atomic E-state index is 12.5. The fourth-order valence-electron chi connectivity index (χ4n) is 3.50. The predicted molar refractivity (Wildman–Crippen MR) is 87.5 cm³/mol. The van der Waals surface area contributed by atoms with Gasteiger partial charge in [-0.1, -0.05) is 6.07 Å². The highest BCUT2D eigenvalue weighted by Gasteiger charge is 2.38. The van der Waals surface area contributed by atoms with Crippen molar-refractivity contribution in [3.63, 3.8) is 0 Å². The van der Waals surface area contributed by atoms with Gasteiger partial charge < -0.3 is 15.4 Å². The second-order valence-electron chi connectivity index (χ2n) is 6.32. The Morgan fingerprint density at radius 1 is 1.39 bits per heavy atom. The fourth-order valence-corrected chi connectivity index (χ4v) is 3.50. The Balaban J connectivity index is 1.68. The molecule has 2 aliphatic heterocycles. The molecule has 2 amide bonds. The van der Waals surface area contributed by atoms with E-state index in [4.69, 9.17) is 4.74 Å². The van der Waals surface area contributed by atoms with Gasteiger partial charge in [-0.2, -0.15) is 0 Å². The number of benzene rings is 1. The third-order valence-electron chi connectivity index (χ3n) is 4.68. The van der Waals surface area contributed by atoms with Crippen LogP contribution in [0.1, 0.15) is 24.8 Å². The quantitative estimate of drug-likeness (QED) is 0.878. The van der Waals surface area contributed by atoms with Crippen LogP contribution in [-0.4, -0.2) is 49.0 Å². The van der Waals surface area contributed by atoms with Crippen molar-refractivity contribution in [2.75, 3.05) is 25.5 Å². The Hall–Kier alpha value is -2.08. The first-order valence-electron chi connectivity index (χ1n) is 8.03. The van der Waals surface area contributed by atoms with Crippen LogP contribution in [0.25, 0.3) is 0 Å². The van der Waals surface area contributed by atoms with Crippen LogP contribution in [-0.2, 0) is 9.59 Å². The van der Waals surface area contributed by atoms with Crippen LogP contribution in [0.5, 0.6) is 5.75 Å². The normalized spacial score (nSPS) is 24.0. The highest BCUT2D eigenvalue weighted by Crippen LogP contribution is 2.29. The second-order valence-corrected chi connectivity index (χ2v) is 6.32. The molecule has 0 aliphatic carbocycles. The molecule has 2 aliphatic rings. The van der Waals surface area contributed by atoms with E-state index in [0.717, 1.165) is 18.4 Å². The zero-order valence-electron chi connectivity index (χ0n) is 13.6. The van der Waals surface area contributed by atoms with Crippen LogP contribution < -0.4 is 15.4 Å². The van der Waals surface area contributed by atoms with Gasteiger partial charge in [0.15, 0.2) is 0 Å². The topological polar surface area (TPSA) is 70.7 Å². The number of ether oxygens (including phenoxy) is 1. The van der Waals surface area contributed by atoms with Gasteiger partial charge >= 0.3 is 0 Å². The number of methoxy groups -OCH3 is 1. The number of anilines is 1. The fraction of sp³-hybridized carbons (Fsp3) is 0.529. The van der Waals surface area contributed by atoms with Gasteiger partial charge in [0, 0.05) is 25.0 Å². The number of carbonyl (C=O) groups excluding carboxylic acids is 2. The summed E-state index contributed by atoms with van der Waals surface area (Å²) in [5, 5.41) is 5.86. The maximum atomic E-state index is 12.5. The van der Waals surface area contributed by atoms with Crippen molar-refractivity contribution in [1.29, 1.82) is 0 Å². The van der Waals surface area contributed by atoms with E-state index in [1.54, 1.807) is 7.11 Å². The molecule has 2 saturated heterocycles. The number of aryl methyl sites for hydroxylation is 1. The van der Waals surface area contributed by atoms with Crippen molar-refractivity contribution in [3.05, 3.63) is 23.8 Å². The number of amides is 2. The average molecular weight is 317 g/mol. The van der Waals surface area contributed by atoms with E-state index in [0.29, 0.717) is 30.9 Å². The van der Waals surface area contributed by atoms with Gasteiger partial charge in [0.2, 0.25) is 11.8 Å². The highest BCUT2D eigenvalue weighted by molar-refractivity contribution is 5.94. The van der Waals surface area contributed by atoms with Crippen LogP contribution in [0.3, 0.4) is 0 Å². The number of nitrogens with one attached hydrogen (secondary N) is 2. The van der Waals surface area contributed by atoms with E-state index >= 15 is 0 Å². The molecular weight excluding hydrogens is 294 g/mol. The molecule has 6 heteroatoms. The summed E-state index contributed by atoms with van der Waals surface area (Å²) in [6.07, 6.45) is 2.50. The zero-order chi connectivity index (χ0) is 16.4. The standard InChI is InChI=1S/C17H23N3O3/c1-11-3-6-15(23-2)14(7-11)19-17(22)10-20-12-4-5-13(20)9-18-16(21)8-12/h3,6-7,12-13H,4-5,8-10H2,1-2H3,(H,18,21)(H,19,22). The van der Waals surface area contributed by atoms with E-state index in [1.807, 2.05) is 25.1 Å². The summed E-state index contributed by atoms with van der Waals surface area (Å²) >= 11 is 0. The van der Waals surface area contributed by atoms with Gasteiger partial charge in [-0.3, -0.25) is 14.5 Å². The Bertz CT molecular complexity index is 617. The molecule has 0 radical (unpaired) electrons. The van der Waals surface area contributed by atoms with Gasteiger partial charge in [0.25, 0.3) is 0 Å². The SMILES string of the molecule is COc1ccc(C)cc1NC(=O)CN1C2CCC1CC(=O)NC2. The first-order valence-corrected chi connectivity index (χ1v) is 8.03. The molecule has 2 atom stereocenters. The van der Waals surface area contributed by atoms with Crippen molar-refractivity contribution >= 4 is 17.5 Å². The van der Waals surface area contributed by atoms with E-state index in [2.05, 4.69) is 15.5 Å². The summed E-state index contributed by atoms with van der Waals surface area (Å²) < 4.78 is 5.30. The Kier molecular flexibility index (Phi) is 4.52. The van der Waals surface area contributed by atoms with Crippen LogP contribution in [0.15, 0.2) is 18.2 Å². The minimum atomic E-state index is -0.0693. The molecule has 0 spiro atoms. The van der Waals surface area contributed by atoms with Crippen molar-refractivity contribution in [3.8, 4) is 5.75 Å². The summed E-state index contributed by atoms with van der Waals surface area (Å²) in [6.45, 7) is 2.92. The minimum absolute atomic E-state index is 0.0693. The monoisotopic (exact) mass is 317 g/mol. The van der Waals surface area contributed by atoms with E-state index < -0.39 is 0 Å². The molecular formula is C17H23N3O3. The first-order chi connectivity index (χ1) is 11.1. The maximum Gasteiger partial charge on any atom is 0.238 e. The van der Waals surface area contributed by atoms with Crippen molar-refractivity contribution in [2.45, 2.75) is 38.3 Å². The Morgan fingerprint density at radius 2 is 2.17 bits per heavy atom.